The lowest BCUT2D eigenvalue weighted by molar-refractivity contribution is -0.133. The number of piperazine rings is 1. The fourth-order valence-corrected chi connectivity index (χ4v) is 3.72. The summed E-state index contributed by atoms with van der Waals surface area (Å²) < 4.78 is 11.2. The summed E-state index contributed by atoms with van der Waals surface area (Å²) in [5.74, 6) is 1.22. The van der Waals surface area contributed by atoms with Crippen molar-refractivity contribution in [3.05, 3.63) is 30.3 Å². The molecule has 0 spiro atoms. The molecule has 2 aliphatic heterocycles. The first-order valence-corrected chi connectivity index (χ1v) is 10.2. The van der Waals surface area contributed by atoms with Crippen molar-refractivity contribution in [1.29, 1.82) is 0 Å². The van der Waals surface area contributed by atoms with E-state index in [0.29, 0.717) is 25.0 Å². The molecule has 0 aromatic heterocycles. The van der Waals surface area contributed by atoms with Crippen LogP contribution in [-0.4, -0.2) is 92.3 Å². The van der Waals surface area contributed by atoms with Gasteiger partial charge in [0.15, 0.2) is 0 Å². The first kappa shape index (κ1) is 20.1. The molecule has 2 aliphatic rings. The monoisotopic (exact) mass is 375 g/mol. The summed E-state index contributed by atoms with van der Waals surface area (Å²) in [5.41, 5.74) is 0. The minimum atomic E-state index is 0.301. The number of hydrogen-bond acceptors (Lipinski definition) is 5. The summed E-state index contributed by atoms with van der Waals surface area (Å²) in [4.78, 5) is 19.4. The normalized spacial score (nSPS) is 20.4. The van der Waals surface area contributed by atoms with Crippen LogP contribution in [-0.2, 0) is 9.53 Å². The topological polar surface area (TPSA) is 45.2 Å². The minimum absolute atomic E-state index is 0.301. The van der Waals surface area contributed by atoms with Gasteiger partial charge in [-0.05, 0) is 25.5 Å². The van der Waals surface area contributed by atoms with E-state index in [9.17, 15) is 4.79 Å². The van der Waals surface area contributed by atoms with Gasteiger partial charge in [-0.1, -0.05) is 18.2 Å². The van der Waals surface area contributed by atoms with Gasteiger partial charge in [0.2, 0.25) is 5.91 Å². The maximum absolute atomic E-state index is 12.5. The number of morpholine rings is 1. The molecule has 0 saturated carbocycles. The molecule has 0 bridgehead atoms. The molecule has 1 amide bonds. The molecule has 0 radical (unpaired) electrons. The van der Waals surface area contributed by atoms with Crippen LogP contribution in [0.5, 0.6) is 5.75 Å². The van der Waals surface area contributed by atoms with Crippen LogP contribution in [0.25, 0.3) is 0 Å². The number of benzene rings is 1. The molecule has 1 unspecified atom stereocenters. The van der Waals surface area contributed by atoms with Crippen LogP contribution < -0.4 is 4.74 Å². The molecule has 0 N–H and O–H groups in total. The second kappa shape index (κ2) is 10.6. The molecule has 1 aromatic rings. The van der Waals surface area contributed by atoms with E-state index in [1.807, 2.05) is 35.2 Å². The number of ether oxygens (including phenoxy) is 2. The van der Waals surface area contributed by atoms with Crippen LogP contribution in [0.3, 0.4) is 0 Å². The van der Waals surface area contributed by atoms with Crippen LogP contribution in [0.4, 0.5) is 0 Å². The standard InChI is InChI=1S/C21H33N3O3/c1-19(23-14-16-26-17-15-23)7-8-21(25)24-11-9-22(10-12-24)13-18-27-20-5-3-2-4-6-20/h2-6,19H,7-18H2,1H3. The van der Waals surface area contributed by atoms with Crippen LogP contribution in [0, 0.1) is 0 Å². The van der Waals surface area contributed by atoms with E-state index >= 15 is 0 Å². The number of carbonyl (C=O) groups excluding carboxylic acids is 1. The Morgan fingerprint density at radius 3 is 2.48 bits per heavy atom. The van der Waals surface area contributed by atoms with Crippen LogP contribution in [0.15, 0.2) is 30.3 Å². The molecular weight excluding hydrogens is 342 g/mol. The smallest absolute Gasteiger partial charge is 0.222 e. The molecule has 6 nitrogen and oxygen atoms in total. The van der Waals surface area contributed by atoms with Gasteiger partial charge in [-0.2, -0.15) is 0 Å². The first-order chi connectivity index (χ1) is 13.2. The van der Waals surface area contributed by atoms with E-state index < -0.39 is 0 Å². The summed E-state index contributed by atoms with van der Waals surface area (Å²) >= 11 is 0. The predicted octanol–water partition coefficient (Wildman–Crippen LogP) is 1.71. The highest BCUT2D eigenvalue weighted by atomic mass is 16.5. The largest absolute Gasteiger partial charge is 0.492 e. The third-order valence-corrected chi connectivity index (χ3v) is 5.59. The SMILES string of the molecule is CC(CCC(=O)N1CCN(CCOc2ccccc2)CC1)N1CCOCC1. The molecule has 1 atom stereocenters. The zero-order valence-corrected chi connectivity index (χ0v) is 16.5. The van der Waals surface area contributed by atoms with E-state index in [2.05, 4.69) is 16.7 Å². The fourth-order valence-electron chi connectivity index (χ4n) is 3.72. The lowest BCUT2D eigenvalue weighted by Crippen LogP contribution is -2.49. The molecule has 0 aliphatic carbocycles. The minimum Gasteiger partial charge on any atom is -0.492 e. The maximum Gasteiger partial charge on any atom is 0.222 e. The Labute approximate surface area is 163 Å². The van der Waals surface area contributed by atoms with Crippen molar-refractivity contribution >= 4 is 5.91 Å². The second-order valence-corrected chi connectivity index (χ2v) is 7.42. The van der Waals surface area contributed by atoms with Crippen LogP contribution in [0.2, 0.25) is 0 Å². The highest BCUT2D eigenvalue weighted by Gasteiger charge is 2.23. The van der Waals surface area contributed by atoms with Crippen molar-refractivity contribution in [3.8, 4) is 5.75 Å². The van der Waals surface area contributed by atoms with E-state index in [1.54, 1.807) is 0 Å². The molecular formula is C21H33N3O3. The summed E-state index contributed by atoms with van der Waals surface area (Å²) in [5, 5.41) is 0. The summed E-state index contributed by atoms with van der Waals surface area (Å²) in [7, 11) is 0. The Bertz CT molecular complexity index is 555. The lowest BCUT2D eigenvalue weighted by atomic mass is 10.1. The number of nitrogens with zero attached hydrogens (tertiary/aromatic N) is 3. The van der Waals surface area contributed by atoms with Gasteiger partial charge in [0.1, 0.15) is 12.4 Å². The molecule has 3 rings (SSSR count). The van der Waals surface area contributed by atoms with Gasteiger partial charge in [-0.3, -0.25) is 14.6 Å². The number of amides is 1. The number of rotatable bonds is 8. The molecule has 2 saturated heterocycles. The van der Waals surface area contributed by atoms with Crippen molar-refractivity contribution in [1.82, 2.24) is 14.7 Å². The van der Waals surface area contributed by atoms with Crippen molar-refractivity contribution in [2.75, 3.05) is 65.6 Å². The Morgan fingerprint density at radius 2 is 1.78 bits per heavy atom. The van der Waals surface area contributed by atoms with Gasteiger partial charge in [0, 0.05) is 58.3 Å². The highest BCUT2D eigenvalue weighted by molar-refractivity contribution is 5.76. The van der Waals surface area contributed by atoms with Crippen LogP contribution >= 0.6 is 0 Å². The zero-order valence-electron chi connectivity index (χ0n) is 16.5. The van der Waals surface area contributed by atoms with E-state index in [-0.39, 0.29) is 0 Å². The van der Waals surface area contributed by atoms with Crippen molar-refractivity contribution in [2.24, 2.45) is 0 Å². The maximum atomic E-state index is 12.5. The van der Waals surface area contributed by atoms with Crippen LogP contribution in [0.1, 0.15) is 19.8 Å². The van der Waals surface area contributed by atoms with Gasteiger partial charge in [0.25, 0.3) is 0 Å². The van der Waals surface area contributed by atoms with Gasteiger partial charge in [0.05, 0.1) is 13.2 Å². The molecule has 27 heavy (non-hydrogen) atoms. The number of carbonyl (C=O) groups is 1. The summed E-state index contributed by atoms with van der Waals surface area (Å²) in [6.07, 6.45) is 1.58. The van der Waals surface area contributed by atoms with Crippen molar-refractivity contribution in [3.63, 3.8) is 0 Å². The number of hydrogen-bond donors (Lipinski definition) is 0. The van der Waals surface area contributed by atoms with Gasteiger partial charge in [-0.15, -0.1) is 0 Å². The first-order valence-electron chi connectivity index (χ1n) is 10.2. The zero-order chi connectivity index (χ0) is 18.9. The molecule has 6 heteroatoms. The summed E-state index contributed by atoms with van der Waals surface area (Å²) in [6.45, 7) is 10.9. The lowest BCUT2D eigenvalue weighted by Gasteiger charge is -2.35. The predicted molar refractivity (Wildman–Crippen MR) is 106 cm³/mol. The Kier molecular flexibility index (Phi) is 7.93. The fraction of sp³-hybridized carbons (Fsp3) is 0.667. The van der Waals surface area contributed by atoms with Gasteiger partial charge >= 0.3 is 0 Å². The van der Waals surface area contributed by atoms with Gasteiger partial charge in [-0.25, -0.2) is 0 Å². The van der Waals surface area contributed by atoms with E-state index in [0.717, 1.165) is 71.2 Å². The second-order valence-electron chi connectivity index (χ2n) is 7.42. The molecule has 1 aromatic carbocycles. The van der Waals surface area contributed by atoms with Gasteiger partial charge < -0.3 is 14.4 Å². The van der Waals surface area contributed by atoms with Crippen molar-refractivity contribution in [2.45, 2.75) is 25.8 Å². The average molecular weight is 376 g/mol. The molecule has 2 heterocycles. The third-order valence-electron chi connectivity index (χ3n) is 5.59. The Morgan fingerprint density at radius 1 is 1.07 bits per heavy atom. The average Bonchev–Trinajstić information content (AvgIpc) is 2.73. The Hall–Kier alpha value is -1.63. The van der Waals surface area contributed by atoms with E-state index in [1.165, 1.54) is 0 Å². The third kappa shape index (κ3) is 6.48. The number of para-hydroxylation sites is 1. The summed E-state index contributed by atoms with van der Waals surface area (Å²) in [6, 6.07) is 10.4. The quantitative estimate of drug-likeness (QED) is 0.692. The Balaban J connectivity index is 1.29. The molecule has 2 fully saturated rings. The van der Waals surface area contributed by atoms with Crippen molar-refractivity contribution < 1.29 is 14.3 Å². The van der Waals surface area contributed by atoms with E-state index in [4.69, 9.17) is 9.47 Å². The molecule has 150 valence electrons. The highest BCUT2D eigenvalue weighted by Crippen LogP contribution is 2.12.